The molecule has 19 heavy (non-hydrogen) atoms. The number of aliphatic hydroxyl groups excluding tert-OH is 1. The van der Waals surface area contributed by atoms with Crippen LogP contribution in [-0.2, 0) is 16.2 Å². The van der Waals surface area contributed by atoms with Crippen molar-refractivity contribution < 1.29 is 19.1 Å². The van der Waals surface area contributed by atoms with Gasteiger partial charge in [-0.15, -0.1) is 0 Å². The Kier molecular flexibility index (Phi) is 4.21. The van der Waals surface area contributed by atoms with Gasteiger partial charge in [-0.2, -0.15) is 0 Å². The number of thioether (sulfide) groups is 1. The maximum atomic E-state index is 13.1. The van der Waals surface area contributed by atoms with Gasteiger partial charge in [0, 0.05) is 36.4 Å². The summed E-state index contributed by atoms with van der Waals surface area (Å²) >= 11 is 1.14. The van der Waals surface area contributed by atoms with E-state index in [2.05, 4.69) is 0 Å². The molecule has 102 valence electrons. The van der Waals surface area contributed by atoms with Crippen molar-refractivity contribution in [1.82, 2.24) is 0 Å². The highest BCUT2D eigenvalue weighted by atomic mass is 32.2. The van der Waals surface area contributed by atoms with Crippen LogP contribution in [0.1, 0.15) is 18.9 Å². The second-order valence-corrected chi connectivity index (χ2v) is 5.85. The number of nitrogens with zero attached hydrogens (tertiary/aromatic N) is 1. The van der Waals surface area contributed by atoms with E-state index in [0.717, 1.165) is 11.8 Å². The summed E-state index contributed by atoms with van der Waals surface area (Å²) in [4.78, 5) is 24.5. The van der Waals surface area contributed by atoms with E-state index in [1.807, 2.05) is 0 Å². The predicted octanol–water partition coefficient (Wildman–Crippen LogP) is 1.70. The van der Waals surface area contributed by atoms with Gasteiger partial charge in [0.15, 0.2) is 5.12 Å². The number of carbonyl (C=O) groups is 2. The van der Waals surface area contributed by atoms with Crippen molar-refractivity contribution in [1.29, 1.82) is 0 Å². The van der Waals surface area contributed by atoms with Gasteiger partial charge >= 0.3 is 0 Å². The van der Waals surface area contributed by atoms with Crippen LogP contribution in [0.2, 0.25) is 0 Å². The zero-order chi connectivity index (χ0) is 14.0. The van der Waals surface area contributed by atoms with Crippen LogP contribution in [0.3, 0.4) is 0 Å². The highest BCUT2D eigenvalue weighted by molar-refractivity contribution is 8.14. The van der Waals surface area contributed by atoms with Crippen LogP contribution >= 0.6 is 11.8 Å². The van der Waals surface area contributed by atoms with E-state index in [4.69, 9.17) is 0 Å². The molecule has 1 aliphatic rings. The Morgan fingerprint density at radius 3 is 2.95 bits per heavy atom. The average Bonchev–Trinajstić information content (AvgIpc) is 2.69. The minimum Gasteiger partial charge on any atom is -0.392 e. The van der Waals surface area contributed by atoms with E-state index in [1.165, 1.54) is 30.0 Å². The fourth-order valence-corrected chi connectivity index (χ4v) is 3.08. The monoisotopic (exact) mass is 283 g/mol. The molecule has 0 saturated carbocycles. The van der Waals surface area contributed by atoms with Gasteiger partial charge in [0.2, 0.25) is 5.91 Å². The van der Waals surface area contributed by atoms with Gasteiger partial charge in [-0.1, -0.05) is 11.8 Å². The summed E-state index contributed by atoms with van der Waals surface area (Å²) in [5, 5.41) is 9.13. The molecule has 0 spiro atoms. The molecule has 0 bridgehead atoms. The minimum absolute atomic E-state index is 0.0267. The molecular weight excluding hydrogens is 269 g/mol. The fraction of sp³-hybridized carbons (Fsp3) is 0.385. The summed E-state index contributed by atoms with van der Waals surface area (Å²) < 4.78 is 13.1. The van der Waals surface area contributed by atoms with Crippen LogP contribution in [0, 0.1) is 5.82 Å². The molecule has 1 aromatic rings. The number of rotatable bonds is 3. The number of hydrogen-bond donors (Lipinski definition) is 1. The van der Waals surface area contributed by atoms with E-state index in [0.29, 0.717) is 17.8 Å². The van der Waals surface area contributed by atoms with Gasteiger partial charge in [-0.25, -0.2) is 4.39 Å². The maximum absolute atomic E-state index is 13.1. The van der Waals surface area contributed by atoms with Gasteiger partial charge in [0.05, 0.1) is 6.61 Å². The molecule has 0 aliphatic carbocycles. The van der Waals surface area contributed by atoms with Crippen LogP contribution in [0.25, 0.3) is 0 Å². The van der Waals surface area contributed by atoms with Crippen LogP contribution in [0.15, 0.2) is 18.2 Å². The molecule has 6 heteroatoms. The molecule has 0 radical (unpaired) electrons. The van der Waals surface area contributed by atoms with E-state index in [1.54, 1.807) is 0 Å². The predicted molar refractivity (Wildman–Crippen MR) is 71.4 cm³/mol. The highest BCUT2D eigenvalue weighted by Crippen LogP contribution is 2.31. The lowest BCUT2D eigenvalue weighted by Gasteiger charge is -2.19. The Morgan fingerprint density at radius 1 is 1.58 bits per heavy atom. The van der Waals surface area contributed by atoms with Gasteiger partial charge < -0.3 is 10.0 Å². The SMILES string of the molecule is CC(=O)SC1CC(=O)N(c2ccc(F)cc2CO)C1. The first kappa shape index (κ1) is 14.0. The number of anilines is 1. The normalized spacial score (nSPS) is 19.0. The topological polar surface area (TPSA) is 57.6 Å². The first-order valence-electron chi connectivity index (χ1n) is 5.88. The lowest BCUT2D eigenvalue weighted by molar-refractivity contribution is -0.117. The smallest absolute Gasteiger partial charge is 0.228 e. The lowest BCUT2D eigenvalue weighted by atomic mass is 10.1. The van der Waals surface area contributed by atoms with Gasteiger partial charge in [-0.3, -0.25) is 9.59 Å². The first-order valence-corrected chi connectivity index (χ1v) is 6.76. The summed E-state index contributed by atoms with van der Waals surface area (Å²) in [7, 11) is 0. The molecule has 1 aliphatic heterocycles. The second-order valence-electron chi connectivity index (χ2n) is 4.37. The minimum atomic E-state index is -0.450. The van der Waals surface area contributed by atoms with Gasteiger partial charge in [0.25, 0.3) is 0 Å². The maximum Gasteiger partial charge on any atom is 0.228 e. The molecule has 1 aromatic carbocycles. The molecule has 1 amide bonds. The second kappa shape index (κ2) is 5.71. The number of benzene rings is 1. The third kappa shape index (κ3) is 3.13. The lowest BCUT2D eigenvalue weighted by Crippen LogP contribution is -2.26. The summed E-state index contributed by atoms with van der Waals surface area (Å²) in [5.41, 5.74) is 0.891. The summed E-state index contributed by atoms with van der Waals surface area (Å²) in [5.74, 6) is -0.561. The van der Waals surface area contributed by atoms with Gasteiger partial charge in [-0.05, 0) is 18.2 Å². The Labute approximate surface area is 114 Å². The molecule has 0 aromatic heterocycles. The van der Waals surface area contributed by atoms with Crippen molar-refractivity contribution in [2.45, 2.75) is 25.2 Å². The molecule has 1 heterocycles. The quantitative estimate of drug-likeness (QED) is 0.917. The van der Waals surface area contributed by atoms with E-state index in [-0.39, 0.29) is 29.3 Å². The Balaban J connectivity index is 2.23. The van der Waals surface area contributed by atoms with Crippen molar-refractivity contribution in [2.24, 2.45) is 0 Å². The summed E-state index contributed by atoms with van der Waals surface area (Å²) in [6, 6.07) is 3.96. The van der Waals surface area contributed by atoms with E-state index >= 15 is 0 Å². The number of aliphatic hydroxyl groups is 1. The third-order valence-corrected chi connectivity index (χ3v) is 3.91. The van der Waals surface area contributed by atoms with Crippen molar-refractivity contribution in [3.05, 3.63) is 29.6 Å². The molecular formula is C13H14FNO3S. The number of amides is 1. The zero-order valence-electron chi connectivity index (χ0n) is 10.4. The van der Waals surface area contributed by atoms with Crippen LogP contribution in [-0.4, -0.2) is 27.9 Å². The third-order valence-electron chi connectivity index (χ3n) is 2.92. The Bertz CT molecular complexity index is 521. The van der Waals surface area contributed by atoms with Crippen molar-refractivity contribution in [3.63, 3.8) is 0 Å². The molecule has 1 N–H and O–H groups in total. The largest absolute Gasteiger partial charge is 0.392 e. The van der Waals surface area contributed by atoms with E-state index < -0.39 is 5.82 Å². The molecule has 1 saturated heterocycles. The first-order chi connectivity index (χ1) is 9.01. The van der Waals surface area contributed by atoms with Crippen molar-refractivity contribution in [3.8, 4) is 0 Å². The molecule has 1 atom stereocenters. The molecule has 4 nitrogen and oxygen atoms in total. The molecule has 1 unspecified atom stereocenters. The Morgan fingerprint density at radius 2 is 2.32 bits per heavy atom. The fourth-order valence-electron chi connectivity index (χ4n) is 2.17. The number of carbonyl (C=O) groups excluding carboxylic acids is 2. The van der Waals surface area contributed by atoms with Crippen molar-refractivity contribution in [2.75, 3.05) is 11.4 Å². The summed E-state index contributed by atoms with van der Waals surface area (Å²) in [6.45, 7) is 1.54. The molecule has 1 fully saturated rings. The molecule has 2 rings (SSSR count). The Hall–Kier alpha value is -1.40. The van der Waals surface area contributed by atoms with E-state index in [9.17, 15) is 19.1 Å². The highest BCUT2D eigenvalue weighted by Gasteiger charge is 2.32. The number of halogens is 1. The number of hydrogen-bond acceptors (Lipinski definition) is 4. The van der Waals surface area contributed by atoms with Crippen molar-refractivity contribution >= 4 is 28.5 Å². The van der Waals surface area contributed by atoms with Crippen LogP contribution in [0.4, 0.5) is 10.1 Å². The van der Waals surface area contributed by atoms with Gasteiger partial charge in [0.1, 0.15) is 5.82 Å². The standard InChI is InChI=1S/C13H14FNO3S/c1-8(17)19-11-5-13(18)15(6-11)12-3-2-10(14)4-9(12)7-16/h2-4,11,16H,5-7H2,1H3. The summed E-state index contributed by atoms with van der Waals surface area (Å²) in [6.07, 6.45) is 0.284. The van der Waals surface area contributed by atoms with Crippen LogP contribution in [0.5, 0.6) is 0 Å². The zero-order valence-corrected chi connectivity index (χ0v) is 11.2. The average molecular weight is 283 g/mol. The van der Waals surface area contributed by atoms with Crippen LogP contribution < -0.4 is 4.90 Å².